The largest absolute Gasteiger partial charge is 0.444 e. The Labute approximate surface area is 134 Å². The van der Waals surface area contributed by atoms with Crippen LogP contribution in [0.15, 0.2) is 11.6 Å². The zero-order valence-electron chi connectivity index (χ0n) is 13.8. The van der Waals surface area contributed by atoms with Gasteiger partial charge >= 0.3 is 6.09 Å². The first-order chi connectivity index (χ1) is 10.3. The summed E-state index contributed by atoms with van der Waals surface area (Å²) in [6, 6.07) is -0.0129. The van der Waals surface area contributed by atoms with Crippen LogP contribution < -0.4 is 10.6 Å². The Morgan fingerprint density at radius 2 is 2.23 bits per heavy atom. The number of rotatable bonds is 5. The van der Waals surface area contributed by atoms with E-state index in [4.69, 9.17) is 4.74 Å². The van der Waals surface area contributed by atoms with Crippen LogP contribution in [0.4, 0.5) is 4.79 Å². The number of hydrogen-bond donors (Lipinski definition) is 2. The lowest BCUT2D eigenvalue weighted by molar-refractivity contribution is 0.0508. The summed E-state index contributed by atoms with van der Waals surface area (Å²) in [6.07, 6.45) is 1.64. The number of carbonyl (C=O) groups excluding carboxylic acids is 1. The first-order valence-electron chi connectivity index (χ1n) is 7.37. The summed E-state index contributed by atoms with van der Waals surface area (Å²) in [5.74, 6) is 0. The number of carbonyl (C=O) groups is 1. The van der Waals surface area contributed by atoms with Crippen LogP contribution >= 0.6 is 11.3 Å². The highest BCUT2D eigenvalue weighted by atomic mass is 32.1. The Balaban J connectivity index is 1.80. The number of nitrogens with zero attached hydrogens (tertiary/aromatic N) is 2. The average Bonchev–Trinajstić information content (AvgIpc) is 2.89. The van der Waals surface area contributed by atoms with Crippen molar-refractivity contribution in [2.24, 2.45) is 0 Å². The molecule has 2 heterocycles. The van der Waals surface area contributed by atoms with Gasteiger partial charge in [0, 0.05) is 30.7 Å². The molecule has 1 atom stereocenters. The molecule has 122 valence electrons. The van der Waals surface area contributed by atoms with Crippen LogP contribution in [0.3, 0.4) is 0 Å². The van der Waals surface area contributed by atoms with Crippen molar-refractivity contribution in [3.05, 3.63) is 23.0 Å². The summed E-state index contributed by atoms with van der Waals surface area (Å²) in [4.78, 5) is 17.2. The van der Waals surface area contributed by atoms with Crippen LogP contribution in [0.2, 0.25) is 0 Å². The fourth-order valence-corrected chi connectivity index (χ4v) is 2.90. The van der Waals surface area contributed by atoms with Gasteiger partial charge in [-0.1, -0.05) is 0 Å². The number of aryl methyl sites for hydroxylation is 1. The van der Waals surface area contributed by atoms with Gasteiger partial charge in [-0.15, -0.1) is 11.3 Å². The van der Waals surface area contributed by atoms with Crippen LogP contribution in [0.5, 0.6) is 0 Å². The van der Waals surface area contributed by atoms with E-state index in [9.17, 15) is 4.79 Å². The maximum absolute atomic E-state index is 11.7. The van der Waals surface area contributed by atoms with Crippen molar-refractivity contribution in [1.29, 1.82) is 0 Å². The Kier molecular flexibility index (Phi) is 5.08. The summed E-state index contributed by atoms with van der Waals surface area (Å²) >= 11 is 1.63. The molecule has 0 aliphatic carbocycles. The highest BCUT2D eigenvalue weighted by Crippen LogP contribution is 2.16. The van der Waals surface area contributed by atoms with E-state index in [2.05, 4.69) is 20.0 Å². The second-order valence-electron chi connectivity index (χ2n) is 6.38. The molecule has 2 N–H and O–H groups in total. The number of thiazole rings is 1. The Bertz CT molecular complexity index is 642. The highest BCUT2D eigenvalue weighted by Gasteiger charge is 2.17. The SMILES string of the molecule is Cc1nc2sccn2c1CNCC(C)NC(=O)OC(C)(C)C. The van der Waals surface area contributed by atoms with Crippen LogP contribution in [0, 0.1) is 6.92 Å². The van der Waals surface area contributed by atoms with Gasteiger partial charge in [0.05, 0.1) is 11.4 Å². The first kappa shape index (κ1) is 16.8. The lowest BCUT2D eigenvalue weighted by Gasteiger charge is -2.22. The molecule has 1 unspecified atom stereocenters. The molecule has 2 aromatic heterocycles. The summed E-state index contributed by atoms with van der Waals surface area (Å²) < 4.78 is 7.33. The fourth-order valence-electron chi connectivity index (χ4n) is 2.12. The lowest BCUT2D eigenvalue weighted by Crippen LogP contribution is -2.42. The molecule has 0 aliphatic rings. The third-order valence-electron chi connectivity index (χ3n) is 3.07. The van der Waals surface area contributed by atoms with Crippen molar-refractivity contribution in [1.82, 2.24) is 20.0 Å². The molecule has 0 saturated heterocycles. The van der Waals surface area contributed by atoms with Gasteiger partial charge in [-0.25, -0.2) is 9.78 Å². The fraction of sp³-hybridized carbons (Fsp3) is 0.600. The smallest absolute Gasteiger partial charge is 0.407 e. The quantitative estimate of drug-likeness (QED) is 0.887. The number of alkyl carbamates (subject to hydrolysis) is 1. The van der Waals surface area contributed by atoms with E-state index in [1.807, 2.05) is 46.2 Å². The topological polar surface area (TPSA) is 67.7 Å². The third-order valence-corrected chi connectivity index (χ3v) is 3.82. The molecule has 0 aromatic carbocycles. The minimum atomic E-state index is -0.476. The molecule has 0 aliphatic heterocycles. The number of aromatic nitrogens is 2. The molecule has 0 fully saturated rings. The van der Waals surface area contributed by atoms with Gasteiger partial charge in [0.25, 0.3) is 0 Å². The number of amides is 1. The van der Waals surface area contributed by atoms with Gasteiger partial charge in [-0.3, -0.25) is 4.40 Å². The maximum atomic E-state index is 11.7. The van der Waals surface area contributed by atoms with Crippen molar-refractivity contribution in [3.63, 3.8) is 0 Å². The maximum Gasteiger partial charge on any atom is 0.407 e. The molecule has 2 rings (SSSR count). The zero-order valence-corrected chi connectivity index (χ0v) is 14.6. The molecule has 0 spiro atoms. The van der Waals surface area contributed by atoms with Crippen LogP contribution in [-0.2, 0) is 11.3 Å². The monoisotopic (exact) mass is 324 g/mol. The van der Waals surface area contributed by atoms with E-state index in [1.165, 1.54) is 0 Å². The highest BCUT2D eigenvalue weighted by molar-refractivity contribution is 7.15. The standard InChI is InChI=1S/C15H24N4O2S/c1-10(17-14(20)21-15(3,4)5)8-16-9-12-11(2)18-13-19(12)6-7-22-13/h6-7,10,16H,8-9H2,1-5H3,(H,17,20). The molecule has 7 heteroatoms. The van der Waals surface area contributed by atoms with Crippen LogP contribution in [-0.4, -0.2) is 33.7 Å². The number of nitrogens with one attached hydrogen (secondary N) is 2. The molecular weight excluding hydrogens is 300 g/mol. The van der Waals surface area contributed by atoms with Crippen molar-refractivity contribution < 1.29 is 9.53 Å². The van der Waals surface area contributed by atoms with Crippen LogP contribution in [0.1, 0.15) is 39.1 Å². The Hall–Kier alpha value is -1.60. The van der Waals surface area contributed by atoms with Crippen molar-refractivity contribution in [2.45, 2.75) is 52.8 Å². The number of fused-ring (bicyclic) bond motifs is 1. The van der Waals surface area contributed by atoms with E-state index in [0.717, 1.165) is 16.3 Å². The summed E-state index contributed by atoms with van der Waals surface area (Å²) in [6.45, 7) is 10.9. The summed E-state index contributed by atoms with van der Waals surface area (Å²) in [7, 11) is 0. The number of ether oxygens (including phenoxy) is 1. The van der Waals surface area contributed by atoms with Gasteiger partial charge in [-0.05, 0) is 34.6 Å². The molecule has 1 amide bonds. The van der Waals surface area contributed by atoms with Gasteiger partial charge in [0.15, 0.2) is 4.96 Å². The molecular formula is C15H24N4O2S. The van der Waals surface area contributed by atoms with Crippen LogP contribution in [0.25, 0.3) is 4.96 Å². The molecule has 22 heavy (non-hydrogen) atoms. The second-order valence-corrected chi connectivity index (χ2v) is 7.25. The minimum Gasteiger partial charge on any atom is -0.444 e. The molecule has 2 aromatic rings. The predicted molar refractivity (Wildman–Crippen MR) is 88.3 cm³/mol. The van der Waals surface area contributed by atoms with E-state index in [-0.39, 0.29) is 12.1 Å². The molecule has 6 nitrogen and oxygen atoms in total. The zero-order chi connectivity index (χ0) is 16.3. The summed E-state index contributed by atoms with van der Waals surface area (Å²) in [5.41, 5.74) is 1.71. The first-order valence-corrected chi connectivity index (χ1v) is 8.25. The van der Waals surface area contributed by atoms with Crippen molar-refractivity contribution in [3.8, 4) is 0 Å². The average molecular weight is 324 g/mol. The lowest BCUT2D eigenvalue weighted by atomic mass is 10.2. The normalized spacial score (nSPS) is 13.3. The molecule has 0 radical (unpaired) electrons. The van der Waals surface area contributed by atoms with Gasteiger partial charge in [-0.2, -0.15) is 0 Å². The summed E-state index contributed by atoms with van der Waals surface area (Å²) in [5, 5.41) is 8.20. The number of imidazole rings is 1. The minimum absolute atomic E-state index is 0.0129. The van der Waals surface area contributed by atoms with Crippen molar-refractivity contribution in [2.75, 3.05) is 6.54 Å². The Morgan fingerprint density at radius 3 is 2.91 bits per heavy atom. The van der Waals surface area contributed by atoms with E-state index in [1.54, 1.807) is 11.3 Å². The van der Waals surface area contributed by atoms with Gasteiger partial charge < -0.3 is 15.4 Å². The predicted octanol–water partition coefficient (Wildman–Crippen LogP) is 2.71. The van der Waals surface area contributed by atoms with E-state index in [0.29, 0.717) is 13.1 Å². The molecule has 0 bridgehead atoms. The van der Waals surface area contributed by atoms with Gasteiger partial charge in [0.2, 0.25) is 0 Å². The van der Waals surface area contributed by atoms with Crippen molar-refractivity contribution >= 4 is 22.4 Å². The van der Waals surface area contributed by atoms with E-state index >= 15 is 0 Å². The second kappa shape index (κ2) is 6.66. The molecule has 0 saturated carbocycles. The number of hydrogen-bond acceptors (Lipinski definition) is 5. The Morgan fingerprint density at radius 1 is 1.50 bits per heavy atom. The van der Waals surface area contributed by atoms with E-state index < -0.39 is 5.60 Å². The third kappa shape index (κ3) is 4.45. The van der Waals surface area contributed by atoms with Gasteiger partial charge in [0.1, 0.15) is 5.60 Å².